The molecule has 26 heavy (non-hydrogen) atoms. The summed E-state index contributed by atoms with van der Waals surface area (Å²) in [5.74, 6) is -0.880. The molecule has 0 aliphatic heterocycles. The Kier molecular flexibility index (Phi) is 6.86. The lowest BCUT2D eigenvalue weighted by atomic mass is 9.96. The molecule has 2 rings (SSSR count). The molecule has 5 nitrogen and oxygen atoms in total. The van der Waals surface area contributed by atoms with Crippen molar-refractivity contribution in [2.75, 3.05) is 7.11 Å². The summed E-state index contributed by atoms with van der Waals surface area (Å²) < 4.78 is 18.1. The molecule has 0 aliphatic rings. The zero-order valence-corrected chi connectivity index (χ0v) is 15.1. The fraction of sp³-hybridized carbons (Fsp3) is 0.300. The topological polar surface area (TPSA) is 67.4 Å². The van der Waals surface area contributed by atoms with E-state index in [9.17, 15) is 14.0 Å². The molecule has 0 radical (unpaired) electrons. The molecule has 2 N–H and O–H groups in total. The first-order chi connectivity index (χ1) is 12.4. The van der Waals surface area contributed by atoms with Crippen molar-refractivity contribution in [2.24, 2.45) is 0 Å². The van der Waals surface area contributed by atoms with Crippen LogP contribution in [0.2, 0.25) is 0 Å². The van der Waals surface area contributed by atoms with Gasteiger partial charge in [0.1, 0.15) is 5.82 Å². The van der Waals surface area contributed by atoms with E-state index in [0.29, 0.717) is 5.56 Å². The van der Waals surface area contributed by atoms with Crippen molar-refractivity contribution >= 4 is 12.0 Å². The van der Waals surface area contributed by atoms with Crippen LogP contribution in [0.4, 0.5) is 9.18 Å². The van der Waals surface area contributed by atoms with Crippen molar-refractivity contribution < 1.29 is 18.7 Å². The first-order valence-electron chi connectivity index (χ1n) is 8.43. The maximum Gasteiger partial charge on any atom is 0.413 e. The number of halogens is 1. The molecule has 2 atom stereocenters. The molecule has 2 aromatic rings. The highest BCUT2D eigenvalue weighted by Crippen LogP contribution is 2.24. The number of ether oxygens (including phenoxy) is 1. The summed E-state index contributed by atoms with van der Waals surface area (Å²) in [6.07, 6.45) is 0.0919. The molecular weight excluding hydrogens is 335 g/mol. The van der Waals surface area contributed by atoms with E-state index in [1.54, 1.807) is 19.1 Å². The smallest absolute Gasteiger partial charge is 0.413 e. The summed E-state index contributed by atoms with van der Waals surface area (Å²) >= 11 is 0. The van der Waals surface area contributed by atoms with Gasteiger partial charge in [-0.15, -0.1) is 0 Å². The van der Waals surface area contributed by atoms with Crippen LogP contribution >= 0.6 is 0 Å². The van der Waals surface area contributed by atoms with Gasteiger partial charge in [-0.1, -0.05) is 43.3 Å². The summed E-state index contributed by atoms with van der Waals surface area (Å²) in [6, 6.07) is 13.0. The fourth-order valence-electron chi connectivity index (χ4n) is 2.60. The Morgan fingerprint density at radius 3 is 2.38 bits per heavy atom. The number of aryl methyl sites for hydroxylation is 1. The minimum atomic E-state index is -0.821. The zero-order chi connectivity index (χ0) is 19.1. The van der Waals surface area contributed by atoms with Crippen molar-refractivity contribution in [1.82, 2.24) is 10.6 Å². The van der Waals surface area contributed by atoms with Crippen molar-refractivity contribution in [3.63, 3.8) is 0 Å². The zero-order valence-electron chi connectivity index (χ0n) is 15.1. The van der Waals surface area contributed by atoms with Crippen LogP contribution in [-0.4, -0.2) is 25.2 Å². The van der Waals surface area contributed by atoms with Crippen LogP contribution < -0.4 is 10.6 Å². The number of carbonyl (C=O) groups excluding carboxylic acids is 2. The molecule has 0 unspecified atom stereocenters. The van der Waals surface area contributed by atoms with Crippen LogP contribution in [0.5, 0.6) is 0 Å². The highest BCUT2D eigenvalue weighted by Gasteiger charge is 2.22. The molecule has 2 amide bonds. The van der Waals surface area contributed by atoms with Gasteiger partial charge in [0.05, 0.1) is 19.2 Å². The number of nitrogens with one attached hydrogen (secondary N) is 2. The Morgan fingerprint density at radius 1 is 1.12 bits per heavy atom. The second-order valence-electron chi connectivity index (χ2n) is 5.95. The van der Waals surface area contributed by atoms with E-state index in [1.165, 1.54) is 24.8 Å². The van der Waals surface area contributed by atoms with E-state index in [4.69, 9.17) is 0 Å². The SMILES string of the molecule is CCc1ccc([C@@H](N[C@@H](C)C(=O)NC(=O)OC)c2cccc(F)c2)cc1. The lowest BCUT2D eigenvalue weighted by molar-refractivity contribution is -0.122. The van der Waals surface area contributed by atoms with Gasteiger partial charge in [-0.2, -0.15) is 0 Å². The molecule has 0 heterocycles. The molecular formula is C20H23FN2O3. The second kappa shape index (κ2) is 9.10. The highest BCUT2D eigenvalue weighted by molar-refractivity contribution is 5.94. The summed E-state index contributed by atoms with van der Waals surface area (Å²) in [7, 11) is 1.19. The second-order valence-corrected chi connectivity index (χ2v) is 5.95. The number of imide groups is 1. The fourth-order valence-corrected chi connectivity index (χ4v) is 2.60. The van der Waals surface area contributed by atoms with Gasteiger partial charge in [0, 0.05) is 0 Å². The normalized spacial score (nSPS) is 12.9. The molecule has 0 aromatic heterocycles. The Labute approximate surface area is 152 Å². The summed E-state index contributed by atoms with van der Waals surface area (Å²) in [5.41, 5.74) is 2.76. The van der Waals surface area contributed by atoms with Crippen LogP contribution in [0.3, 0.4) is 0 Å². The largest absolute Gasteiger partial charge is 0.453 e. The maximum atomic E-state index is 13.7. The van der Waals surface area contributed by atoms with Gasteiger partial charge in [-0.05, 0) is 42.2 Å². The van der Waals surface area contributed by atoms with Crippen LogP contribution in [-0.2, 0) is 16.0 Å². The van der Waals surface area contributed by atoms with Crippen LogP contribution in [0.25, 0.3) is 0 Å². The predicted octanol–water partition coefficient (Wildman–Crippen LogP) is 3.34. The first kappa shape index (κ1) is 19.6. The molecule has 0 bridgehead atoms. The average Bonchev–Trinajstić information content (AvgIpc) is 2.65. The van der Waals surface area contributed by atoms with Gasteiger partial charge >= 0.3 is 6.09 Å². The molecule has 0 saturated carbocycles. The minimum Gasteiger partial charge on any atom is -0.453 e. The molecule has 2 aromatic carbocycles. The van der Waals surface area contributed by atoms with Gasteiger partial charge < -0.3 is 4.74 Å². The quantitative estimate of drug-likeness (QED) is 0.831. The van der Waals surface area contributed by atoms with E-state index in [0.717, 1.165) is 12.0 Å². The number of hydrogen-bond donors (Lipinski definition) is 2. The Hall–Kier alpha value is -2.73. The maximum absolute atomic E-state index is 13.7. The van der Waals surface area contributed by atoms with E-state index in [1.807, 2.05) is 24.3 Å². The van der Waals surface area contributed by atoms with Crippen LogP contribution in [0.1, 0.15) is 36.6 Å². The molecule has 0 spiro atoms. The van der Waals surface area contributed by atoms with Gasteiger partial charge in [0.2, 0.25) is 5.91 Å². The van der Waals surface area contributed by atoms with E-state index in [-0.39, 0.29) is 5.82 Å². The summed E-state index contributed by atoms with van der Waals surface area (Å²) in [5, 5.41) is 5.29. The van der Waals surface area contributed by atoms with Crippen LogP contribution in [0.15, 0.2) is 48.5 Å². The standard InChI is InChI=1S/C20H23FN2O3/c1-4-14-8-10-15(11-9-14)18(16-6-5-7-17(21)12-16)22-13(2)19(24)23-20(25)26-3/h5-13,18,22H,4H2,1-3H3,(H,23,24,25)/t13-,18+/m0/s1. The van der Waals surface area contributed by atoms with Gasteiger partial charge in [-0.25, -0.2) is 9.18 Å². The lowest BCUT2D eigenvalue weighted by Gasteiger charge is -2.24. The number of carbonyl (C=O) groups is 2. The van der Waals surface area contributed by atoms with E-state index >= 15 is 0 Å². The Bertz CT molecular complexity index is 762. The average molecular weight is 358 g/mol. The Balaban J connectivity index is 2.28. The predicted molar refractivity (Wildman–Crippen MR) is 97.2 cm³/mol. The van der Waals surface area contributed by atoms with Crippen LogP contribution in [0, 0.1) is 5.82 Å². The number of rotatable bonds is 6. The van der Waals surface area contributed by atoms with Gasteiger partial charge in [0.15, 0.2) is 0 Å². The third-order valence-corrected chi connectivity index (χ3v) is 4.12. The molecule has 6 heteroatoms. The van der Waals surface area contributed by atoms with E-state index in [2.05, 4.69) is 22.3 Å². The van der Waals surface area contributed by atoms with Crippen molar-refractivity contribution in [3.05, 3.63) is 71.0 Å². The van der Waals surface area contributed by atoms with E-state index < -0.39 is 24.1 Å². The third-order valence-electron chi connectivity index (χ3n) is 4.12. The summed E-state index contributed by atoms with van der Waals surface area (Å²) in [4.78, 5) is 23.4. The number of benzene rings is 2. The number of methoxy groups -OCH3 is 1. The molecule has 138 valence electrons. The molecule has 0 aliphatic carbocycles. The van der Waals surface area contributed by atoms with Crippen molar-refractivity contribution in [3.8, 4) is 0 Å². The number of alkyl carbamates (subject to hydrolysis) is 1. The third kappa shape index (κ3) is 5.13. The van der Waals surface area contributed by atoms with Gasteiger partial charge in [-0.3, -0.25) is 15.4 Å². The first-order valence-corrected chi connectivity index (χ1v) is 8.43. The molecule has 0 fully saturated rings. The number of hydrogen-bond acceptors (Lipinski definition) is 4. The minimum absolute atomic E-state index is 0.355. The number of amides is 2. The van der Waals surface area contributed by atoms with Crippen molar-refractivity contribution in [1.29, 1.82) is 0 Å². The Morgan fingerprint density at radius 2 is 1.81 bits per heavy atom. The van der Waals surface area contributed by atoms with Crippen molar-refractivity contribution in [2.45, 2.75) is 32.4 Å². The monoisotopic (exact) mass is 358 g/mol. The summed E-state index contributed by atoms with van der Waals surface area (Å²) in [6.45, 7) is 3.70. The lowest BCUT2D eigenvalue weighted by Crippen LogP contribution is -2.46. The molecule has 0 saturated heterocycles. The van der Waals surface area contributed by atoms with Gasteiger partial charge in [0.25, 0.3) is 0 Å². The highest BCUT2D eigenvalue weighted by atomic mass is 19.1.